The fraction of sp³-hybridized carbons (Fsp3) is 0.300. The first-order valence-corrected chi connectivity index (χ1v) is 4.18. The van der Waals surface area contributed by atoms with Crippen LogP contribution >= 0.6 is 0 Å². The molecule has 0 spiro atoms. The van der Waals surface area contributed by atoms with Crippen molar-refractivity contribution >= 4 is 5.97 Å². The Bertz CT molecular complexity index is 351. The van der Waals surface area contributed by atoms with Gasteiger partial charge in [0, 0.05) is 7.11 Å². The molecule has 0 N–H and O–H groups in total. The molecule has 0 aliphatic carbocycles. The van der Waals surface area contributed by atoms with E-state index in [-0.39, 0.29) is 18.1 Å². The molecule has 82 valence electrons. The topological polar surface area (TPSA) is 44.8 Å². The van der Waals surface area contributed by atoms with Gasteiger partial charge in [-0.1, -0.05) is 0 Å². The first-order chi connectivity index (χ1) is 7.19. The Morgan fingerprint density at radius 1 is 1.40 bits per heavy atom. The van der Waals surface area contributed by atoms with Gasteiger partial charge in [-0.05, 0) is 18.2 Å². The predicted octanol–water partition coefficient (Wildman–Crippen LogP) is 1.60. The van der Waals surface area contributed by atoms with Gasteiger partial charge in [0.05, 0.1) is 12.7 Å². The molecule has 5 heteroatoms. The van der Waals surface area contributed by atoms with Crippen LogP contribution in [0.1, 0.15) is 10.4 Å². The average molecular weight is 214 g/mol. The smallest absolute Gasteiger partial charge is 0.337 e. The van der Waals surface area contributed by atoms with Crippen molar-refractivity contribution < 1.29 is 23.4 Å². The number of methoxy groups -OCH3 is 2. The summed E-state index contributed by atoms with van der Waals surface area (Å²) in [7, 11) is 2.66. The first kappa shape index (κ1) is 11.5. The zero-order valence-corrected chi connectivity index (χ0v) is 8.45. The van der Waals surface area contributed by atoms with Crippen LogP contribution in [0.3, 0.4) is 0 Å². The van der Waals surface area contributed by atoms with Crippen molar-refractivity contribution in [2.75, 3.05) is 21.0 Å². The Morgan fingerprint density at radius 2 is 2.13 bits per heavy atom. The fourth-order valence-electron chi connectivity index (χ4n) is 0.985. The SMILES string of the molecule is COCOc1ccc(C(=O)OC)cc1F. The van der Waals surface area contributed by atoms with Gasteiger partial charge in [0.25, 0.3) is 0 Å². The number of benzene rings is 1. The van der Waals surface area contributed by atoms with E-state index in [0.717, 1.165) is 6.07 Å². The molecule has 0 amide bonds. The number of hydrogen-bond donors (Lipinski definition) is 0. The number of carbonyl (C=O) groups excluding carboxylic acids is 1. The maximum atomic E-state index is 13.3. The fourth-order valence-corrected chi connectivity index (χ4v) is 0.985. The normalized spacial score (nSPS) is 9.80. The van der Waals surface area contributed by atoms with Gasteiger partial charge in [-0.2, -0.15) is 0 Å². The van der Waals surface area contributed by atoms with Gasteiger partial charge in [0.1, 0.15) is 0 Å². The lowest BCUT2D eigenvalue weighted by Crippen LogP contribution is -2.04. The summed E-state index contributed by atoms with van der Waals surface area (Å²) in [6.45, 7) is -0.0471. The Hall–Kier alpha value is -1.62. The van der Waals surface area contributed by atoms with Gasteiger partial charge in [-0.15, -0.1) is 0 Å². The van der Waals surface area contributed by atoms with Gasteiger partial charge in [-0.3, -0.25) is 0 Å². The zero-order valence-electron chi connectivity index (χ0n) is 8.45. The van der Waals surface area contributed by atoms with Crippen molar-refractivity contribution in [2.24, 2.45) is 0 Å². The van der Waals surface area contributed by atoms with Gasteiger partial charge in [0.2, 0.25) is 0 Å². The molecule has 0 saturated heterocycles. The molecular weight excluding hydrogens is 203 g/mol. The van der Waals surface area contributed by atoms with E-state index in [1.165, 1.54) is 26.4 Å². The van der Waals surface area contributed by atoms with Gasteiger partial charge < -0.3 is 14.2 Å². The molecule has 0 atom stereocenters. The molecule has 0 radical (unpaired) electrons. The van der Waals surface area contributed by atoms with E-state index in [0.29, 0.717) is 0 Å². The second-order valence-electron chi connectivity index (χ2n) is 2.69. The third-order valence-corrected chi connectivity index (χ3v) is 1.69. The number of rotatable bonds is 4. The van der Waals surface area contributed by atoms with E-state index in [2.05, 4.69) is 9.47 Å². The summed E-state index contributed by atoms with van der Waals surface area (Å²) < 4.78 is 27.2. The van der Waals surface area contributed by atoms with Crippen LogP contribution in [0.15, 0.2) is 18.2 Å². The predicted molar refractivity (Wildman–Crippen MR) is 50.2 cm³/mol. The van der Waals surface area contributed by atoms with Crippen molar-refractivity contribution in [1.29, 1.82) is 0 Å². The molecule has 0 unspecified atom stereocenters. The summed E-state index contributed by atoms with van der Waals surface area (Å²) >= 11 is 0. The van der Waals surface area contributed by atoms with E-state index >= 15 is 0 Å². The maximum Gasteiger partial charge on any atom is 0.337 e. The molecule has 4 nitrogen and oxygen atoms in total. The Morgan fingerprint density at radius 3 is 2.67 bits per heavy atom. The Kier molecular flexibility index (Phi) is 4.05. The first-order valence-electron chi connectivity index (χ1n) is 4.18. The van der Waals surface area contributed by atoms with E-state index in [1.807, 2.05) is 0 Å². The molecule has 0 aliphatic heterocycles. The quantitative estimate of drug-likeness (QED) is 0.564. The zero-order chi connectivity index (χ0) is 11.3. The summed E-state index contributed by atoms with van der Waals surface area (Å²) in [6, 6.07) is 3.82. The van der Waals surface area contributed by atoms with Gasteiger partial charge >= 0.3 is 5.97 Å². The highest BCUT2D eigenvalue weighted by Gasteiger charge is 2.10. The van der Waals surface area contributed by atoms with Gasteiger partial charge in [0.15, 0.2) is 18.4 Å². The molecule has 1 aromatic carbocycles. The second kappa shape index (κ2) is 5.31. The minimum Gasteiger partial charge on any atom is -0.465 e. The third kappa shape index (κ3) is 2.92. The molecule has 0 aromatic heterocycles. The highest BCUT2D eigenvalue weighted by molar-refractivity contribution is 5.89. The second-order valence-corrected chi connectivity index (χ2v) is 2.69. The molecule has 0 heterocycles. The third-order valence-electron chi connectivity index (χ3n) is 1.69. The van der Waals surface area contributed by atoms with Gasteiger partial charge in [-0.25, -0.2) is 9.18 Å². The molecule has 0 bridgehead atoms. The van der Waals surface area contributed by atoms with Crippen LogP contribution in [0, 0.1) is 5.82 Å². The molecule has 1 rings (SSSR count). The Labute approximate surface area is 86.6 Å². The van der Waals surface area contributed by atoms with Crippen LogP contribution in [-0.2, 0) is 9.47 Å². The molecule has 0 fully saturated rings. The minimum absolute atomic E-state index is 0.0319. The molecule has 0 saturated carbocycles. The summed E-state index contributed by atoms with van der Waals surface area (Å²) in [5.41, 5.74) is 0.139. The van der Waals surface area contributed by atoms with Crippen molar-refractivity contribution in [3.8, 4) is 5.75 Å². The van der Waals surface area contributed by atoms with Crippen molar-refractivity contribution in [3.63, 3.8) is 0 Å². The van der Waals surface area contributed by atoms with E-state index in [9.17, 15) is 9.18 Å². The van der Waals surface area contributed by atoms with E-state index in [1.54, 1.807) is 0 Å². The Balaban J connectivity index is 2.83. The van der Waals surface area contributed by atoms with E-state index < -0.39 is 11.8 Å². The van der Waals surface area contributed by atoms with Crippen LogP contribution in [0.2, 0.25) is 0 Å². The lowest BCUT2D eigenvalue weighted by Gasteiger charge is -2.06. The lowest BCUT2D eigenvalue weighted by molar-refractivity contribution is 0.0482. The number of carbonyl (C=O) groups is 1. The summed E-state index contributed by atoms with van der Waals surface area (Å²) in [4.78, 5) is 11.0. The van der Waals surface area contributed by atoms with Crippen molar-refractivity contribution in [1.82, 2.24) is 0 Å². The molecular formula is C10H11FO4. The summed E-state index contributed by atoms with van der Waals surface area (Å²) in [6.07, 6.45) is 0. The molecule has 0 aliphatic rings. The highest BCUT2D eigenvalue weighted by atomic mass is 19.1. The number of esters is 1. The van der Waals surface area contributed by atoms with Crippen molar-refractivity contribution in [3.05, 3.63) is 29.6 Å². The highest BCUT2D eigenvalue weighted by Crippen LogP contribution is 2.18. The van der Waals surface area contributed by atoms with Crippen LogP contribution < -0.4 is 4.74 Å². The summed E-state index contributed by atoms with van der Waals surface area (Å²) in [5.74, 6) is -1.19. The number of hydrogen-bond acceptors (Lipinski definition) is 4. The molecule has 15 heavy (non-hydrogen) atoms. The van der Waals surface area contributed by atoms with Crippen LogP contribution in [0.5, 0.6) is 5.75 Å². The standard InChI is InChI=1S/C10H11FO4/c1-13-6-15-9-4-3-7(5-8(9)11)10(12)14-2/h3-5H,6H2,1-2H3. The van der Waals surface area contributed by atoms with Crippen molar-refractivity contribution in [2.45, 2.75) is 0 Å². The van der Waals surface area contributed by atoms with E-state index in [4.69, 9.17) is 4.74 Å². The van der Waals surface area contributed by atoms with Crippen LogP contribution in [0.4, 0.5) is 4.39 Å². The number of ether oxygens (including phenoxy) is 3. The van der Waals surface area contributed by atoms with Crippen LogP contribution in [-0.4, -0.2) is 27.0 Å². The minimum atomic E-state index is -0.630. The lowest BCUT2D eigenvalue weighted by atomic mass is 10.2. The number of halogens is 1. The van der Waals surface area contributed by atoms with Crippen LogP contribution in [0.25, 0.3) is 0 Å². The maximum absolute atomic E-state index is 13.3. The summed E-state index contributed by atoms with van der Waals surface area (Å²) in [5, 5.41) is 0. The molecule has 1 aromatic rings. The monoisotopic (exact) mass is 214 g/mol. The largest absolute Gasteiger partial charge is 0.465 e. The average Bonchev–Trinajstić information content (AvgIpc) is 2.26.